The molecule has 0 amide bonds. The average molecular weight is 1030 g/mol. The highest BCUT2D eigenvalue weighted by atomic mass is 15.1. The Morgan fingerprint density at radius 2 is 0.790 bits per heavy atom. The van der Waals surface area contributed by atoms with Gasteiger partial charge in [-0.05, 0) is 186 Å². The van der Waals surface area contributed by atoms with Crippen LogP contribution in [0.3, 0.4) is 0 Å². The van der Waals surface area contributed by atoms with Gasteiger partial charge in [-0.25, -0.2) is 0 Å². The third-order valence-corrected chi connectivity index (χ3v) is 17.3. The van der Waals surface area contributed by atoms with Crippen molar-refractivity contribution >= 4 is 51.0 Å². The zero-order valence-electron chi connectivity index (χ0n) is 44.9. The van der Waals surface area contributed by atoms with Crippen LogP contribution in [-0.4, -0.2) is 4.57 Å². The predicted molar refractivity (Wildman–Crippen MR) is 342 cm³/mol. The van der Waals surface area contributed by atoms with Gasteiger partial charge in [0.05, 0.1) is 16.4 Å². The lowest BCUT2D eigenvalue weighted by molar-refractivity contribution is 0.752. The molecule has 0 saturated carbocycles. The molecule has 2 aliphatic rings. The Balaban J connectivity index is 0.862. The normalized spacial score (nSPS) is 14.0. The van der Waals surface area contributed by atoms with Crippen LogP contribution in [-0.2, 0) is 18.3 Å². The summed E-state index contributed by atoms with van der Waals surface area (Å²) in [6.45, 7) is 7.94. The molecule has 0 bridgehead atoms. The maximum absolute atomic E-state index is 3.99. The predicted octanol–water partition coefficient (Wildman–Crippen LogP) is 20.7. The molecule has 1 heterocycles. The first-order chi connectivity index (χ1) is 40.0. The van der Waals surface area contributed by atoms with Crippen molar-refractivity contribution < 1.29 is 0 Å². The van der Waals surface area contributed by atoms with Gasteiger partial charge in [-0.15, -0.1) is 0 Å². The summed E-state index contributed by atoms with van der Waals surface area (Å²) in [5.41, 5.74) is 28.5. The van der Waals surface area contributed by atoms with Crippen LogP contribution in [0.1, 0.15) is 44.5 Å². The van der Waals surface area contributed by atoms with Gasteiger partial charge in [0, 0.05) is 33.5 Å². The van der Waals surface area contributed by atoms with E-state index in [0.29, 0.717) is 0 Å². The minimum Gasteiger partial charge on any atom is -0.310 e. The molecule has 0 saturated heterocycles. The monoisotopic (exact) mass is 1030 g/mol. The van der Waals surface area contributed by atoms with Crippen LogP contribution < -0.4 is 4.90 Å². The average Bonchev–Trinajstić information content (AvgIpc) is 4.25. The maximum Gasteiger partial charge on any atom is 0.0714 e. The molecule has 13 aromatic rings. The van der Waals surface area contributed by atoms with Crippen molar-refractivity contribution in [1.29, 1.82) is 0 Å². The summed E-state index contributed by atoms with van der Waals surface area (Å²) in [6.07, 6.45) is 6.06. The van der Waals surface area contributed by atoms with E-state index >= 15 is 0 Å². The molecule has 0 aliphatic heterocycles. The SMILES string of the molecule is C=Cc1ccc(-c2ccc(-n3c4ccc(-c5ccc(C=C)cc5)cc4c4cc(-c5ccc(N(c6ccc(-c7ccccc7)cc6)c6ccc7c(c6)C(c6ccccc6)(c6ccc8c(c6)CC8)c6ccccc6-7)cc5)ccc43)cc2)cc1. The van der Waals surface area contributed by atoms with Crippen LogP contribution in [0.5, 0.6) is 0 Å². The van der Waals surface area contributed by atoms with Crippen LogP contribution in [0, 0.1) is 0 Å². The third-order valence-electron chi connectivity index (χ3n) is 17.3. The van der Waals surface area contributed by atoms with Gasteiger partial charge in [0.15, 0.2) is 0 Å². The molecule has 2 aliphatic carbocycles. The van der Waals surface area contributed by atoms with Gasteiger partial charge in [0.2, 0.25) is 0 Å². The van der Waals surface area contributed by atoms with Crippen molar-refractivity contribution in [2.45, 2.75) is 18.3 Å². The van der Waals surface area contributed by atoms with Gasteiger partial charge in [0.25, 0.3) is 0 Å². The van der Waals surface area contributed by atoms with E-state index in [-0.39, 0.29) is 0 Å². The van der Waals surface area contributed by atoms with Crippen molar-refractivity contribution in [3.05, 3.63) is 337 Å². The van der Waals surface area contributed by atoms with Crippen molar-refractivity contribution in [3.8, 4) is 61.3 Å². The Kier molecular flexibility index (Phi) is 11.6. The Labute approximate surface area is 474 Å². The number of aromatic nitrogens is 1. The molecule has 0 N–H and O–H groups in total. The smallest absolute Gasteiger partial charge is 0.0714 e. The molecule has 2 nitrogen and oxygen atoms in total. The molecule has 0 radical (unpaired) electrons. The highest BCUT2D eigenvalue weighted by molar-refractivity contribution is 6.12. The number of fused-ring (bicyclic) bond motifs is 7. The number of rotatable bonds is 12. The number of aryl methyl sites for hydroxylation is 2. The van der Waals surface area contributed by atoms with Gasteiger partial charge < -0.3 is 9.47 Å². The van der Waals surface area contributed by atoms with Crippen molar-refractivity contribution in [2.24, 2.45) is 0 Å². The molecule has 0 fully saturated rings. The standard InChI is InChI=1S/C79H56N2/c1-3-53-19-23-56(24-20-53)58-32-43-69(44-33-58)81-77-47-36-63(59-25-21-54(4-2)22-26-59)50-73(77)74-51-64(37-48-78(74)81)61-34-41-68(42-35-61)80(67-39-30-57(31-40-67)55-13-7-5-8-14-55)70-45-46-72-71-17-11-12-18-75(71)79(76(72)52-70,65-15-9-6-10-16-65)66-38-29-60-27-28-62(60)49-66/h3-26,29-52H,1-2,27-28H2. The summed E-state index contributed by atoms with van der Waals surface area (Å²) in [5, 5.41) is 2.41. The Bertz CT molecular complexity index is 4550. The van der Waals surface area contributed by atoms with E-state index < -0.39 is 5.41 Å². The minimum absolute atomic E-state index is 0.513. The highest BCUT2D eigenvalue weighted by Crippen LogP contribution is 2.58. The lowest BCUT2D eigenvalue weighted by Crippen LogP contribution is -2.29. The second-order valence-electron chi connectivity index (χ2n) is 21.7. The Hall–Kier alpha value is -10.3. The summed E-state index contributed by atoms with van der Waals surface area (Å²) in [5.74, 6) is 0. The fraction of sp³-hybridized carbons (Fsp3) is 0.0380. The second kappa shape index (κ2) is 19.6. The second-order valence-corrected chi connectivity index (χ2v) is 21.7. The maximum atomic E-state index is 3.99. The van der Waals surface area contributed by atoms with Gasteiger partial charge in [0.1, 0.15) is 0 Å². The molecule has 0 spiro atoms. The summed E-state index contributed by atoms with van der Waals surface area (Å²) < 4.78 is 2.41. The van der Waals surface area contributed by atoms with E-state index in [0.717, 1.165) is 68.9 Å². The van der Waals surface area contributed by atoms with Gasteiger partial charge in [-0.2, -0.15) is 0 Å². The summed E-state index contributed by atoms with van der Waals surface area (Å²) in [7, 11) is 0. The zero-order chi connectivity index (χ0) is 54.0. The summed E-state index contributed by atoms with van der Waals surface area (Å²) in [6, 6.07) is 104. The number of hydrogen-bond donors (Lipinski definition) is 0. The molecular weight excluding hydrogens is 977 g/mol. The van der Waals surface area contributed by atoms with E-state index in [1.165, 1.54) is 88.7 Å². The number of anilines is 3. The van der Waals surface area contributed by atoms with Gasteiger partial charge in [-0.3, -0.25) is 0 Å². The topological polar surface area (TPSA) is 8.17 Å². The van der Waals surface area contributed by atoms with Crippen molar-refractivity contribution in [3.63, 3.8) is 0 Å². The van der Waals surface area contributed by atoms with E-state index in [1.807, 2.05) is 12.2 Å². The molecule has 81 heavy (non-hydrogen) atoms. The fourth-order valence-electron chi connectivity index (χ4n) is 13.1. The first kappa shape index (κ1) is 47.9. The summed E-state index contributed by atoms with van der Waals surface area (Å²) >= 11 is 0. The molecule has 382 valence electrons. The van der Waals surface area contributed by atoms with E-state index in [1.54, 1.807) is 0 Å². The van der Waals surface area contributed by atoms with E-state index in [4.69, 9.17) is 0 Å². The summed E-state index contributed by atoms with van der Waals surface area (Å²) in [4.78, 5) is 2.44. The van der Waals surface area contributed by atoms with E-state index in [2.05, 4.69) is 302 Å². The number of benzene rings is 12. The molecule has 1 aromatic heterocycles. The van der Waals surface area contributed by atoms with Crippen LogP contribution in [0.2, 0.25) is 0 Å². The number of nitrogens with zero attached hydrogens (tertiary/aromatic N) is 2. The largest absolute Gasteiger partial charge is 0.310 e. The molecular formula is C79H56N2. The third kappa shape index (κ3) is 8.02. The molecule has 12 aromatic carbocycles. The highest BCUT2D eigenvalue weighted by Gasteiger charge is 2.47. The lowest BCUT2D eigenvalue weighted by Gasteiger charge is -2.36. The molecule has 15 rings (SSSR count). The van der Waals surface area contributed by atoms with Crippen LogP contribution >= 0.6 is 0 Å². The van der Waals surface area contributed by atoms with Gasteiger partial charge >= 0.3 is 0 Å². The first-order valence-corrected chi connectivity index (χ1v) is 28.2. The quantitative estimate of drug-likeness (QED) is 0.118. The molecule has 1 atom stereocenters. The first-order valence-electron chi connectivity index (χ1n) is 28.2. The van der Waals surface area contributed by atoms with Gasteiger partial charge in [-0.1, -0.05) is 232 Å². The Morgan fingerprint density at radius 1 is 0.333 bits per heavy atom. The minimum atomic E-state index is -0.513. The van der Waals surface area contributed by atoms with Crippen LogP contribution in [0.4, 0.5) is 17.1 Å². The zero-order valence-corrected chi connectivity index (χ0v) is 44.9. The van der Waals surface area contributed by atoms with Crippen molar-refractivity contribution in [1.82, 2.24) is 4.57 Å². The van der Waals surface area contributed by atoms with E-state index in [9.17, 15) is 0 Å². The Morgan fingerprint density at radius 3 is 1.33 bits per heavy atom. The molecule has 1 unspecified atom stereocenters. The lowest BCUT2D eigenvalue weighted by atomic mass is 9.66. The fourth-order valence-corrected chi connectivity index (χ4v) is 13.1. The van der Waals surface area contributed by atoms with Crippen molar-refractivity contribution in [2.75, 3.05) is 4.90 Å². The van der Waals surface area contributed by atoms with Crippen LogP contribution in [0.25, 0.3) is 95.3 Å². The van der Waals surface area contributed by atoms with Crippen LogP contribution in [0.15, 0.2) is 292 Å². The molecule has 2 heteroatoms. The number of hydrogen-bond acceptors (Lipinski definition) is 1.